The van der Waals surface area contributed by atoms with Crippen molar-refractivity contribution in [1.82, 2.24) is 0 Å². The van der Waals surface area contributed by atoms with Crippen LogP contribution in [0.4, 0.5) is 0 Å². The summed E-state index contributed by atoms with van der Waals surface area (Å²) in [6.07, 6.45) is 0. The molecule has 3 heteroatoms. The number of benzene rings is 1. The van der Waals surface area contributed by atoms with E-state index in [9.17, 15) is 0 Å². The molecule has 0 saturated carbocycles. The Labute approximate surface area is 82.1 Å². The molecule has 1 rings (SSSR count). The topological polar surface area (TPSA) is 0 Å². The van der Waals surface area contributed by atoms with E-state index in [1.54, 1.807) is 0 Å². The van der Waals surface area contributed by atoms with Crippen molar-refractivity contribution < 1.29 is 0 Å². The van der Waals surface area contributed by atoms with Crippen LogP contribution in [0.5, 0.6) is 0 Å². The summed E-state index contributed by atoms with van der Waals surface area (Å²) in [5.41, 5.74) is 0. The van der Waals surface area contributed by atoms with Gasteiger partial charge < -0.3 is 0 Å². The molecular formula is C7H8Cl2Mg. The van der Waals surface area contributed by atoms with Crippen LogP contribution < -0.4 is 3.69 Å². The molecule has 0 heterocycles. The van der Waals surface area contributed by atoms with Crippen molar-refractivity contribution in [3.63, 3.8) is 0 Å². The number of hydrogen-bond acceptors (Lipinski definition) is 0. The van der Waals surface area contributed by atoms with Gasteiger partial charge in [-0.05, 0) is 6.07 Å². The number of halogens is 2. The zero-order chi connectivity index (χ0) is 6.69. The predicted octanol–water partition coefficient (Wildman–Crippen LogP) is 2.14. The molecule has 10 heavy (non-hydrogen) atoms. The van der Waals surface area contributed by atoms with E-state index in [1.165, 1.54) is 3.69 Å². The van der Waals surface area contributed by atoms with Gasteiger partial charge >= 0.3 is 20.4 Å². The molecule has 0 aromatic heterocycles. The summed E-state index contributed by atoms with van der Waals surface area (Å²) in [7, 11) is 0. The Morgan fingerprint density at radius 2 is 2.10 bits per heavy atom. The fourth-order valence-corrected chi connectivity index (χ4v) is 1.89. The van der Waals surface area contributed by atoms with Crippen LogP contribution >= 0.6 is 24.0 Å². The van der Waals surface area contributed by atoms with Crippen LogP contribution in [0.1, 0.15) is 0 Å². The minimum absolute atomic E-state index is 0. The molecule has 0 atom stereocenters. The second-order valence-corrected chi connectivity index (χ2v) is 3.94. The molecule has 0 N–H and O–H groups in total. The van der Waals surface area contributed by atoms with Crippen LogP contribution in [-0.2, 0) is 0 Å². The lowest BCUT2D eigenvalue weighted by atomic mass is 10.4. The molecule has 0 nitrogen and oxygen atoms in total. The van der Waals surface area contributed by atoms with Gasteiger partial charge in [0.2, 0.25) is 0 Å². The zero-order valence-corrected chi connectivity index (χ0v) is 8.79. The first-order valence-corrected chi connectivity index (χ1v) is 5.57. The zero-order valence-electron chi connectivity index (χ0n) is 5.80. The Balaban J connectivity index is 0.000000810. The molecule has 1 aromatic rings. The van der Waals surface area contributed by atoms with Gasteiger partial charge in [-0.3, -0.25) is 0 Å². The lowest BCUT2D eigenvalue weighted by Gasteiger charge is -1.93. The third kappa shape index (κ3) is 3.11. The minimum Gasteiger partial charge on any atom is -0.173 e. The maximum absolute atomic E-state index is 5.75. The standard InChI is InChI=1S/C6H4Cl.CH3.ClH.Mg/c7-6-4-2-1-3-5-6;;;/h1-2,4-5H;1H3;1H;. The Bertz CT molecular complexity index is 201. The van der Waals surface area contributed by atoms with E-state index in [-0.39, 0.29) is 32.8 Å². The van der Waals surface area contributed by atoms with E-state index in [1.807, 2.05) is 18.2 Å². The van der Waals surface area contributed by atoms with Gasteiger partial charge in [0.25, 0.3) is 0 Å². The highest BCUT2D eigenvalue weighted by molar-refractivity contribution is 6.52. The molecule has 0 bridgehead atoms. The molecule has 0 aliphatic rings. The maximum Gasteiger partial charge on any atom is 0.404 e. The lowest BCUT2D eigenvalue weighted by Crippen LogP contribution is -2.08. The van der Waals surface area contributed by atoms with E-state index < -0.39 is 0 Å². The number of rotatable bonds is 1. The quantitative estimate of drug-likeness (QED) is 0.591. The fourth-order valence-electron chi connectivity index (χ4n) is 0.757. The molecule has 0 fully saturated rings. The van der Waals surface area contributed by atoms with E-state index in [0.717, 1.165) is 5.02 Å². The molecule has 1 aromatic carbocycles. The van der Waals surface area contributed by atoms with Crippen molar-refractivity contribution in [3.8, 4) is 0 Å². The molecule has 0 aliphatic heterocycles. The minimum atomic E-state index is -0.0146. The molecule has 0 unspecified atom stereocenters. The maximum atomic E-state index is 5.75. The lowest BCUT2D eigenvalue weighted by molar-refractivity contribution is 1.76. The third-order valence-corrected chi connectivity index (χ3v) is 2.79. The van der Waals surface area contributed by atoms with Crippen molar-refractivity contribution in [2.45, 2.75) is 5.05 Å². The largest absolute Gasteiger partial charge is 0.404 e. The van der Waals surface area contributed by atoms with Gasteiger partial charge in [-0.2, -0.15) is 3.69 Å². The van der Waals surface area contributed by atoms with Crippen molar-refractivity contribution in [2.24, 2.45) is 0 Å². The van der Waals surface area contributed by atoms with E-state index >= 15 is 0 Å². The average molecular weight is 187 g/mol. The van der Waals surface area contributed by atoms with Crippen molar-refractivity contribution in [2.75, 3.05) is 0 Å². The summed E-state index contributed by atoms with van der Waals surface area (Å²) in [5.74, 6) is 0. The van der Waals surface area contributed by atoms with Crippen molar-refractivity contribution >= 4 is 48.1 Å². The Kier molecular flexibility index (Phi) is 5.54. The average Bonchev–Trinajstić information content (AvgIpc) is 1.88. The van der Waals surface area contributed by atoms with Crippen molar-refractivity contribution in [1.29, 1.82) is 0 Å². The first-order valence-electron chi connectivity index (χ1n) is 3.07. The number of hydrogen-bond donors (Lipinski definition) is 0. The van der Waals surface area contributed by atoms with Crippen LogP contribution in [0.15, 0.2) is 24.3 Å². The SMILES string of the molecule is Cl.[CH3][Mg][c]1cccc(Cl)c1. The summed E-state index contributed by atoms with van der Waals surface area (Å²) in [4.78, 5) is 0. The predicted molar refractivity (Wildman–Crippen MR) is 50.0 cm³/mol. The second kappa shape index (κ2) is 5.25. The molecule has 0 spiro atoms. The van der Waals surface area contributed by atoms with Crippen LogP contribution in [0, 0.1) is 0 Å². The van der Waals surface area contributed by atoms with Crippen LogP contribution in [-0.4, -0.2) is 20.4 Å². The third-order valence-electron chi connectivity index (χ3n) is 1.30. The highest BCUT2D eigenvalue weighted by Crippen LogP contribution is 2.02. The Morgan fingerprint density at radius 3 is 2.50 bits per heavy atom. The van der Waals surface area contributed by atoms with Gasteiger partial charge in [-0.25, -0.2) is 0 Å². The summed E-state index contributed by atoms with van der Waals surface area (Å²) in [6.45, 7) is 0. The summed E-state index contributed by atoms with van der Waals surface area (Å²) < 4.78 is 1.43. The fraction of sp³-hybridized carbons (Fsp3) is 0.143. The van der Waals surface area contributed by atoms with Gasteiger partial charge in [0.1, 0.15) is 0 Å². The molecule has 0 amide bonds. The molecule has 0 radical (unpaired) electrons. The highest BCUT2D eigenvalue weighted by Gasteiger charge is 1.90. The van der Waals surface area contributed by atoms with Gasteiger partial charge in [0, 0.05) is 5.02 Å². The smallest absolute Gasteiger partial charge is 0.173 e. The Hall–Kier alpha value is 0.566. The van der Waals surface area contributed by atoms with E-state index in [4.69, 9.17) is 11.6 Å². The van der Waals surface area contributed by atoms with Crippen molar-refractivity contribution in [3.05, 3.63) is 29.3 Å². The van der Waals surface area contributed by atoms with Crippen LogP contribution in [0.2, 0.25) is 10.1 Å². The van der Waals surface area contributed by atoms with Gasteiger partial charge in [0.05, 0.1) is 0 Å². The molecular weight excluding hydrogens is 179 g/mol. The van der Waals surface area contributed by atoms with Crippen LogP contribution in [0.25, 0.3) is 0 Å². The van der Waals surface area contributed by atoms with Gasteiger partial charge in [-0.15, -0.1) is 17.5 Å². The molecule has 0 saturated heterocycles. The first kappa shape index (κ1) is 10.6. The molecule has 52 valence electrons. The molecule has 0 aliphatic carbocycles. The summed E-state index contributed by atoms with van der Waals surface area (Å²) in [5, 5.41) is 3.12. The summed E-state index contributed by atoms with van der Waals surface area (Å²) in [6, 6.07) is 8.11. The van der Waals surface area contributed by atoms with Crippen LogP contribution in [0.3, 0.4) is 0 Å². The van der Waals surface area contributed by atoms with E-state index in [0.29, 0.717) is 0 Å². The highest BCUT2D eigenvalue weighted by atomic mass is 35.5. The van der Waals surface area contributed by atoms with Gasteiger partial charge in [0.15, 0.2) is 0 Å². The Morgan fingerprint density at radius 1 is 1.40 bits per heavy atom. The monoisotopic (exact) mass is 186 g/mol. The normalized spacial score (nSPS) is 7.80. The summed E-state index contributed by atoms with van der Waals surface area (Å²) >= 11 is 5.73. The van der Waals surface area contributed by atoms with E-state index in [2.05, 4.69) is 11.1 Å². The second-order valence-electron chi connectivity index (χ2n) is 1.98. The first-order chi connectivity index (χ1) is 4.33. The van der Waals surface area contributed by atoms with Gasteiger partial charge in [-0.1, -0.05) is 29.8 Å².